The number of aliphatic hydroxyl groups excluding tert-OH is 1. The largest absolute Gasteiger partial charge is 0.394 e. The third kappa shape index (κ3) is 5.87. The molecule has 0 saturated carbocycles. The fourth-order valence-corrected chi connectivity index (χ4v) is 10.5. The lowest BCUT2D eigenvalue weighted by Crippen LogP contribution is -2.59. The van der Waals surface area contributed by atoms with E-state index < -0.39 is 28.7 Å². The van der Waals surface area contributed by atoms with Crippen molar-refractivity contribution < 1.29 is 19.5 Å². The van der Waals surface area contributed by atoms with Crippen LogP contribution < -0.4 is 0 Å². The van der Waals surface area contributed by atoms with Gasteiger partial charge in [0.2, 0.25) is 17.7 Å². The number of nitrogens with zero attached hydrogens (tertiary/aromatic N) is 3. The number of hydrogen-bond donors (Lipinski definition) is 1. The van der Waals surface area contributed by atoms with Crippen LogP contribution in [0.2, 0.25) is 0 Å². The van der Waals surface area contributed by atoms with Crippen molar-refractivity contribution in [3.63, 3.8) is 0 Å². The van der Waals surface area contributed by atoms with Gasteiger partial charge in [0.05, 0.1) is 29.2 Å². The molecule has 0 radical (unpaired) electrons. The molecule has 3 amide bonds. The fraction of sp³-hybridized carbons (Fsp3) is 0.767. The van der Waals surface area contributed by atoms with Gasteiger partial charge in [0, 0.05) is 36.3 Å². The normalized spacial score (nSPS) is 30.7. The van der Waals surface area contributed by atoms with Crippen LogP contribution in [-0.4, -0.2) is 97.2 Å². The predicted octanol–water partition coefficient (Wildman–Crippen LogP) is 4.49. The molecule has 3 unspecified atom stereocenters. The van der Waals surface area contributed by atoms with Crippen molar-refractivity contribution in [1.29, 1.82) is 0 Å². The monoisotopic (exact) mass is 625 g/mol. The Kier molecular flexibility index (Phi) is 11.6. The maximum Gasteiger partial charge on any atom is 0.247 e. The van der Waals surface area contributed by atoms with Crippen LogP contribution in [-0.2, 0) is 14.4 Å². The second-order valence-electron chi connectivity index (χ2n) is 11.4. The van der Waals surface area contributed by atoms with Crippen LogP contribution in [0.25, 0.3) is 0 Å². The average molecular weight is 627 g/mol. The van der Waals surface area contributed by atoms with Gasteiger partial charge in [-0.25, -0.2) is 0 Å². The predicted molar refractivity (Wildman–Crippen MR) is 163 cm³/mol. The molecular formula is C30H48BrN3O4S. The third-order valence-corrected chi connectivity index (χ3v) is 12.2. The molecule has 39 heavy (non-hydrogen) atoms. The van der Waals surface area contributed by atoms with Crippen LogP contribution in [0.1, 0.15) is 66.2 Å². The quantitative estimate of drug-likeness (QED) is 0.155. The molecule has 3 saturated heterocycles. The lowest BCUT2D eigenvalue weighted by atomic mass is 9.70. The number of amides is 3. The highest BCUT2D eigenvalue weighted by Gasteiger charge is 2.76. The summed E-state index contributed by atoms with van der Waals surface area (Å²) in [6.45, 7) is 17.8. The van der Waals surface area contributed by atoms with Crippen molar-refractivity contribution in [2.24, 2.45) is 17.8 Å². The molecule has 3 aliphatic heterocycles. The number of hydrogen-bond acceptors (Lipinski definition) is 5. The van der Waals surface area contributed by atoms with Crippen molar-refractivity contribution in [3.05, 3.63) is 25.3 Å². The van der Waals surface area contributed by atoms with E-state index in [2.05, 4.69) is 36.0 Å². The van der Waals surface area contributed by atoms with E-state index in [-0.39, 0.29) is 40.3 Å². The summed E-state index contributed by atoms with van der Waals surface area (Å²) in [5.74, 6) is -1.36. The Morgan fingerprint density at radius 2 is 1.77 bits per heavy atom. The van der Waals surface area contributed by atoms with Gasteiger partial charge in [0.15, 0.2) is 0 Å². The second-order valence-corrected chi connectivity index (χ2v) is 14.1. The molecule has 1 spiro atoms. The minimum atomic E-state index is -0.727. The summed E-state index contributed by atoms with van der Waals surface area (Å²) in [7, 11) is 0. The van der Waals surface area contributed by atoms with Crippen molar-refractivity contribution >= 4 is 45.4 Å². The van der Waals surface area contributed by atoms with Gasteiger partial charge in [0.1, 0.15) is 6.04 Å². The number of aliphatic hydroxyl groups is 1. The van der Waals surface area contributed by atoms with Gasteiger partial charge in [-0.1, -0.05) is 75.0 Å². The van der Waals surface area contributed by atoms with Gasteiger partial charge in [-0.15, -0.1) is 24.9 Å². The molecule has 3 fully saturated rings. The number of carbonyl (C=O) groups is 3. The SMILES string of the molecule is C=CCN(CCCCC)C(=O)C1N([C@@H](CO)[C@@H](C)CC)C(=O)[C@@H]2[C@@H](C(=O)N(CC=C)CCC)[C@@H]3SC12CC3Br. The lowest BCUT2D eigenvalue weighted by Gasteiger charge is -2.41. The average Bonchev–Trinajstić information content (AvgIpc) is 3.51. The van der Waals surface area contributed by atoms with Gasteiger partial charge in [-0.05, 0) is 25.2 Å². The Morgan fingerprint density at radius 1 is 1.13 bits per heavy atom. The summed E-state index contributed by atoms with van der Waals surface area (Å²) in [4.78, 5) is 48.5. The standard InChI is InChI=1S/C30H48BrN3O4S/c1-7-12-13-17-33(16-10-4)29(38)26-30-18-21(31)25(39-30)23(27(36)32(14-8-2)15-9-3)24(30)28(37)34(26)22(19-35)20(6)11-5/h8,10,20-26,35H,2,4,7,9,11-19H2,1,3,5-6H3/t20-,21?,22-,23+,24-,25+,26?,30?/m0/s1. The minimum absolute atomic E-state index is 0.00546. The molecule has 1 N–H and O–H groups in total. The zero-order chi connectivity index (χ0) is 28.9. The highest BCUT2D eigenvalue weighted by molar-refractivity contribution is 9.09. The number of halogens is 1. The first-order valence-electron chi connectivity index (χ1n) is 14.7. The summed E-state index contributed by atoms with van der Waals surface area (Å²) < 4.78 is -0.718. The molecule has 9 heteroatoms. The number of thioether (sulfide) groups is 1. The Balaban J connectivity index is 2.12. The van der Waals surface area contributed by atoms with Crippen molar-refractivity contribution in [2.45, 2.75) is 93.1 Å². The topological polar surface area (TPSA) is 81.2 Å². The molecule has 2 bridgehead atoms. The van der Waals surface area contributed by atoms with E-state index in [1.165, 1.54) is 0 Å². The lowest BCUT2D eigenvalue weighted by molar-refractivity contribution is -0.148. The first-order chi connectivity index (χ1) is 18.7. The molecule has 7 nitrogen and oxygen atoms in total. The van der Waals surface area contributed by atoms with Gasteiger partial charge in [0.25, 0.3) is 0 Å². The molecular weight excluding hydrogens is 578 g/mol. The summed E-state index contributed by atoms with van der Waals surface area (Å²) in [5, 5.41) is 10.5. The minimum Gasteiger partial charge on any atom is -0.394 e. The van der Waals surface area contributed by atoms with Gasteiger partial charge >= 0.3 is 0 Å². The first kappa shape index (κ1) is 32.2. The number of fused-ring (bicyclic) bond motifs is 1. The number of carbonyl (C=O) groups excluding carboxylic acids is 3. The molecule has 0 aliphatic carbocycles. The summed E-state index contributed by atoms with van der Waals surface area (Å²) in [5.41, 5.74) is 0. The Bertz CT molecular complexity index is 919. The van der Waals surface area contributed by atoms with Crippen molar-refractivity contribution in [3.8, 4) is 0 Å². The smallest absolute Gasteiger partial charge is 0.247 e. The summed E-state index contributed by atoms with van der Waals surface area (Å²) >= 11 is 5.53. The number of alkyl halides is 1. The number of likely N-dealkylation sites (tertiary alicyclic amines) is 1. The van der Waals surface area contributed by atoms with Crippen LogP contribution in [0, 0.1) is 17.8 Å². The third-order valence-electron chi connectivity index (χ3n) is 8.94. The van der Waals surface area contributed by atoms with Gasteiger partial charge in [-0.2, -0.15) is 0 Å². The number of rotatable bonds is 16. The van der Waals surface area contributed by atoms with E-state index in [0.29, 0.717) is 32.6 Å². The zero-order valence-electron chi connectivity index (χ0n) is 24.2. The number of unbranched alkanes of at least 4 members (excludes halogenated alkanes) is 2. The van der Waals surface area contributed by atoms with E-state index in [9.17, 15) is 19.5 Å². The Morgan fingerprint density at radius 3 is 2.31 bits per heavy atom. The maximum atomic E-state index is 14.5. The van der Waals surface area contributed by atoms with E-state index in [1.54, 1.807) is 28.8 Å². The maximum absolute atomic E-state index is 14.5. The highest BCUT2D eigenvalue weighted by atomic mass is 79.9. The van der Waals surface area contributed by atoms with Gasteiger partial charge < -0.3 is 19.8 Å². The molecule has 0 aromatic rings. The molecule has 220 valence electrons. The first-order valence-corrected chi connectivity index (χ1v) is 16.5. The molecule has 0 aromatic heterocycles. The Hall–Kier alpha value is -1.32. The molecule has 8 atom stereocenters. The zero-order valence-corrected chi connectivity index (χ0v) is 26.6. The molecule has 3 heterocycles. The van der Waals surface area contributed by atoms with E-state index >= 15 is 0 Å². The summed E-state index contributed by atoms with van der Waals surface area (Å²) in [6, 6.07) is -1.21. The molecule has 3 rings (SSSR count). The molecule has 0 aromatic carbocycles. The van der Waals surface area contributed by atoms with E-state index in [1.807, 2.05) is 30.6 Å². The van der Waals surface area contributed by atoms with Crippen LogP contribution in [0.3, 0.4) is 0 Å². The molecule has 3 aliphatic rings. The van der Waals surface area contributed by atoms with Crippen LogP contribution >= 0.6 is 27.7 Å². The fourth-order valence-electron chi connectivity index (χ4n) is 6.90. The van der Waals surface area contributed by atoms with E-state index in [4.69, 9.17) is 0 Å². The van der Waals surface area contributed by atoms with Crippen LogP contribution in [0.15, 0.2) is 25.3 Å². The van der Waals surface area contributed by atoms with Crippen molar-refractivity contribution in [1.82, 2.24) is 14.7 Å². The second kappa shape index (κ2) is 14.0. The van der Waals surface area contributed by atoms with Crippen LogP contribution in [0.4, 0.5) is 0 Å². The summed E-state index contributed by atoms with van der Waals surface area (Å²) in [6.07, 6.45) is 8.64. The van der Waals surface area contributed by atoms with Crippen molar-refractivity contribution in [2.75, 3.05) is 32.8 Å². The van der Waals surface area contributed by atoms with Gasteiger partial charge in [-0.3, -0.25) is 14.4 Å². The van der Waals surface area contributed by atoms with E-state index in [0.717, 1.165) is 32.1 Å². The highest BCUT2D eigenvalue weighted by Crippen LogP contribution is 2.68. The van der Waals surface area contributed by atoms with Crippen LogP contribution in [0.5, 0.6) is 0 Å². The Labute approximate surface area is 247 Å².